The van der Waals surface area contributed by atoms with Gasteiger partial charge in [-0.25, -0.2) is 4.39 Å². The molecule has 0 fully saturated rings. The lowest BCUT2D eigenvalue weighted by atomic mass is 10.3. The number of thiazole rings is 1. The maximum absolute atomic E-state index is 13.5. The molecule has 0 aliphatic carbocycles. The zero-order valence-electron chi connectivity index (χ0n) is 14.6. The van der Waals surface area contributed by atoms with Gasteiger partial charge in [-0.3, -0.25) is 9.59 Å². The monoisotopic (exact) mass is 388 g/mol. The fourth-order valence-electron chi connectivity index (χ4n) is 2.45. The van der Waals surface area contributed by atoms with Crippen LogP contribution in [0.3, 0.4) is 0 Å². The number of amides is 1. The molecule has 1 amide bonds. The van der Waals surface area contributed by atoms with E-state index in [9.17, 15) is 14.0 Å². The quantitative estimate of drug-likeness (QED) is 0.609. The first-order chi connectivity index (χ1) is 13.1. The van der Waals surface area contributed by atoms with Crippen LogP contribution < -0.4 is 9.54 Å². The molecule has 0 bridgehead atoms. The Bertz CT molecular complexity index is 1030. The number of hydrogen-bond acceptors (Lipinski definition) is 5. The van der Waals surface area contributed by atoms with Gasteiger partial charge in [0.05, 0.1) is 23.7 Å². The molecule has 0 spiro atoms. The summed E-state index contributed by atoms with van der Waals surface area (Å²) < 4.78 is 25.9. The summed E-state index contributed by atoms with van der Waals surface area (Å²) in [5.74, 6) is -0.668. The smallest absolute Gasteiger partial charge is 0.307 e. The zero-order valence-corrected chi connectivity index (χ0v) is 15.4. The Hall–Kier alpha value is -3.00. The maximum Gasteiger partial charge on any atom is 0.307 e. The molecule has 0 radical (unpaired) electrons. The van der Waals surface area contributed by atoms with Crippen molar-refractivity contribution in [2.24, 2.45) is 4.99 Å². The van der Waals surface area contributed by atoms with Crippen molar-refractivity contribution in [3.8, 4) is 5.75 Å². The minimum absolute atomic E-state index is 0.113. The minimum atomic E-state index is -0.474. The Balaban J connectivity index is 1.87. The van der Waals surface area contributed by atoms with E-state index < -0.39 is 5.91 Å². The summed E-state index contributed by atoms with van der Waals surface area (Å²) >= 11 is 1.18. The van der Waals surface area contributed by atoms with Crippen molar-refractivity contribution in [2.75, 3.05) is 13.7 Å². The van der Waals surface area contributed by atoms with Crippen LogP contribution in [0.4, 0.5) is 4.39 Å². The lowest BCUT2D eigenvalue weighted by Crippen LogP contribution is -2.21. The average Bonchev–Trinajstić information content (AvgIpc) is 3.01. The van der Waals surface area contributed by atoms with Crippen LogP contribution in [0.25, 0.3) is 10.2 Å². The van der Waals surface area contributed by atoms with Crippen LogP contribution in [0.15, 0.2) is 53.5 Å². The van der Waals surface area contributed by atoms with Crippen molar-refractivity contribution in [3.63, 3.8) is 0 Å². The Kier molecular flexibility index (Phi) is 5.97. The number of esters is 1. The number of aromatic nitrogens is 1. The fourth-order valence-corrected chi connectivity index (χ4v) is 3.55. The Morgan fingerprint density at radius 3 is 2.70 bits per heavy atom. The van der Waals surface area contributed by atoms with Gasteiger partial charge in [0.2, 0.25) is 0 Å². The topological polar surface area (TPSA) is 69.9 Å². The molecule has 0 atom stereocenters. The Labute approximate surface area is 158 Å². The Morgan fingerprint density at radius 1 is 1.19 bits per heavy atom. The number of carbonyl (C=O) groups is 2. The molecule has 27 heavy (non-hydrogen) atoms. The van der Waals surface area contributed by atoms with E-state index in [1.54, 1.807) is 34.9 Å². The summed E-state index contributed by atoms with van der Waals surface area (Å²) in [6.45, 7) is 0.0492. The second-order valence-corrected chi connectivity index (χ2v) is 6.59. The highest BCUT2D eigenvalue weighted by atomic mass is 32.1. The van der Waals surface area contributed by atoms with Crippen LogP contribution >= 0.6 is 11.3 Å². The highest BCUT2D eigenvalue weighted by Gasteiger charge is 2.11. The lowest BCUT2D eigenvalue weighted by Gasteiger charge is -2.05. The molecule has 0 unspecified atom stereocenters. The van der Waals surface area contributed by atoms with E-state index in [1.807, 2.05) is 6.07 Å². The first-order valence-electron chi connectivity index (χ1n) is 8.18. The van der Waals surface area contributed by atoms with E-state index in [-0.39, 0.29) is 31.4 Å². The number of nitrogens with zero attached hydrogens (tertiary/aromatic N) is 2. The van der Waals surface area contributed by atoms with Crippen LogP contribution in [0.1, 0.15) is 6.42 Å². The van der Waals surface area contributed by atoms with Crippen LogP contribution in [-0.2, 0) is 20.9 Å². The van der Waals surface area contributed by atoms with Gasteiger partial charge < -0.3 is 14.0 Å². The highest BCUT2D eigenvalue weighted by molar-refractivity contribution is 7.16. The number of halogens is 1. The number of methoxy groups -OCH3 is 1. The fraction of sp³-hybridized carbons (Fsp3) is 0.211. The molecular weight excluding hydrogens is 371 g/mol. The molecule has 2 aromatic carbocycles. The summed E-state index contributed by atoms with van der Waals surface area (Å²) in [5.41, 5.74) is 0.695. The van der Waals surface area contributed by atoms with E-state index in [1.165, 1.54) is 30.6 Å². The first kappa shape index (κ1) is 18.8. The summed E-state index contributed by atoms with van der Waals surface area (Å²) in [5, 5.41) is 0. The SMILES string of the molecule is COC(=O)CCn1c(=NC(=O)COc2ccccc2)sc2cc(F)ccc21. The largest absolute Gasteiger partial charge is 0.484 e. The van der Waals surface area contributed by atoms with Crippen LogP contribution in [0.5, 0.6) is 5.75 Å². The molecule has 0 saturated heterocycles. The van der Waals surface area contributed by atoms with E-state index in [0.717, 1.165) is 0 Å². The van der Waals surface area contributed by atoms with Crippen molar-refractivity contribution in [1.29, 1.82) is 0 Å². The molecule has 140 valence electrons. The molecule has 0 aliphatic rings. The number of aryl methyl sites for hydroxylation is 1. The molecule has 0 N–H and O–H groups in total. The van der Waals surface area contributed by atoms with Crippen LogP contribution in [0.2, 0.25) is 0 Å². The van der Waals surface area contributed by atoms with Crippen LogP contribution in [-0.4, -0.2) is 30.2 Å². The lowest BCUT2D eigenvalue weighted by molar-refractivity contribution is -0.140. The minimum Gasteiger partial charge on any atom is -0.484 e. The van der Waals surface area contributed by atoms with Gasteiger partial charge in [-0.1, -0.05) is 29.5 Å². The molecule has 1 aromatic heterocycles. The normalized spacial score (nSPS) is 11.6. The van der Waals surface area contributed by atoms with Gasteiger partial charge in [0, 0.05) is 6.54 Å². The second-order valence-electron chi connectivity index (χ2n) is 5.58. The average molecular weight is 388 g/mol. The second kappa shape index (κ2) is 8.59. The van der Waals surface area contributed by atoms with Crippen LogP contribution in [0, 0.1) is 5.82 Å². The van der Waals surface area contributed by atoms with Crippen molar-refractivity contribution in [1.82, 2.24) is 4.57 Å². The van der Waals surface area contributed by atoms with E-state index in [4.69, 9.17) is 4.74 Å². The Morgan fingerprint density at radius 2 is 1.96 bits per heavy atom. The molecular formula is C19H17FN2O4S. The predicted octanol–water partition coefficient (Wildman–Crippen LogP) is 2.91. The van der Waals surface area contributed by atoms with E-state index in [0.29, 0.717) is 20.8 Å². The molecule has 0 aliphatic heterocycles. The third kappa shape index (κ3) is 4.79. The summed E-state index contributed by atoms with van der Waals surface area (Å²) in [6.07, 6.45) is 0.113. The third-order valence-electron chi connectivity index (χ3n) is 3.74. The molecule has 0 saturated carbocycles. The number of para-hydroxylation sites is 1. The maximum atomic E-state index is 13.5. The van der Waals surface area contributed by atoms with Gasteiger partial charge in [-0.05, 0) is 30.3 Å². The molecule has 6 nitrogen and oxygen atoms in total. The van der Waals surface area contributed by atoms with Gasteiger partial charge in [0.25, 0.3) is 5.91 Å². The number of benzene rings is 2. The number of carbonyl (C=O) groups excluding carboxylic acids is 2. The van der Waals surface area contributed by atoms with Gasteiger partial charge in [0.15, 0.2) is 11.4 Å². The summed E-state index contributed by atoms with van der Waals surface area (Å²) in [6, 6.07) is 13.2. The number of hydrogen-bond donors (Lipinski definition) is 0. The van der Waals surface area contributed by atoms with Crippen molar-refractivity contribution in [2.45, 2.75) is 13.0 Å². The predicted molar refractivity (Wildman–Crippen MR) is 98.9 cm³/mol. The molecule has 1 heterocycles. The molecule has 3 aromatic rings. The molecule has 3 rings (SSSR count). The zero-order chi connectivity index (χ0) is 19.2. The number of ether oxygens (including phenoxy) is 2. The van der Waals surface area contributed by atoms with Gasteiger partial charge in [-0.15, -0.1) is 0 Å². The number of fused-ring (bicyclic) bond motifs is 1. The van der Waals surface area contributed by atoms with Gasteiger partial charge in [0.1, 0.15) is 11.6 Å². The van der Waals surface area contributed by atoms with E-state index in [2.05, 4.69) is 9.73 Å². The highest BCUT2D eigenvalue weighted by Crippen LogP contribution is 2.19. The van der Waals surface area contributed by atoms with Gasteiger partial charge >= 0.3 is 5.97 Å². The standard InChI is InChI=1S/C19H17FN2O4S/c1-25-18(24)9-10-22-15-8-7-13(20)11-16(15)27-19(22)21-17(23)12-26-14-5-3-2-4-6-14/h2-8,11H,9-10,12H2,1H3. The van der Waals surface area contributed by atoms with Crippen molar-refractivity contribution >= 4 is 33.4 Å². The number of rotatable bonds is 6. The summed E-state index contributed by atoms with van der Waals surface area (Å²) in [4.78, 5) is 28.2. The summed E-state index contributed by atoms with van der Waals surface area (Å²) in [7, 11) is 1.31. The van der Waals surface area contributed by atoms with Gasteiger partial charge in [-0.2, -0.15) is 4.99 Å². The third-order valence-corrected chi connectivity index (χ3v) is 4.78. The molecule has 8 heteroatoms. The van der Waals surface area contributed by atoms with Crippen molar-refractivity contribution < 1.29 is 23.5 Å². The van der Waals surface area contributed by atoms with E-state index >= 15 is 0 Å². The first-order valence-corrected chi connectivity index (χ1v) is 8.99. The van der Waals surface area contributed by atoms with Crippen molar-refractivity contribution in [3.05, 3.63) is 59.1 Å².